The lowest BCUT2D eigenvalue weighted by Gasteiger charge is -2.05. The first-order chi connectivity index (χ1) is 10.3. The maximum absolute atomic E-state index is 11.7. The molecule has 3 rings (SSSR count). The summed E-state index contributed by atoms with van der Waals surface area (Å²) in [6.07, 6.45) is 1.64. The molecule has 0 aliphatic carbocycles. The number of benzene rings is 1. The van der Waals surface area contributed by atoms with Crippen molar-refractivity contribution in [3.05, 3.63) is 42.1 Å². The Hall–Kier alpha value is -2.78. The molecule has 0 aliphatic rings. The molecular weight excluding hydrogens is 310 g/mol. The highest BCUT2D eigenvalue weighted by atomic mass is 32.2. The monoisotopic (exact) mass is 321 g/mol. The molecule has 0 bridgehead atoms. The van der Waals surface area contributed by atoms with E-state index in [0.29, 0.717) is 11.0 Å². The van der Waals surface area contributed by atoms with Crippen LogP contribution < -0.4 is 15.1 Å². The Morgan fingerprint density at radius 2 is 1.95 bits per heavy atom. The van der Waals surface area contributed by atoms with Crippen molar-refractivity contribution in [3.63, 3.8) is 0 Å². The van der Waals surface area contributed by atoms with E-state index in [-0.39, 0.29) is 22.4 Å². The molecule has 0 fully saturated rings. The molecule has 0 spiro atoms. The maximum atomic E-state index is 11.7. The number of pyridine rings is 1. The van der Waals surface area contributed by atoms with Gasteiger partial charge in [-0.15, -0.1) is 0 Å². The van der Waals surface area contributed by atoms with Crippen LogP contribution in [0.5, 0.6) is 11.5 Å². The van der Waals surface area contributed by atoms with Crippen LogP contribution in [0.25, 0.3) is 16.4 Å². The molecule has 5 N–H and O–H groups in total. The number of aromatic nitrogens is 1. The molecule has 1 amide bonds. The summed E-state index contributed by atoms with van der Waals surface area (Å²) in [5.41, 5.74) is 6.37. The highest BCUT2D eigenvalue weighted by Crippen LogP contribution is 2.36. The summed E-state index contributed by atoms with van der Waals surface area (Å²) in [5.74, 6) is -1.23. The summed E-state index contributed by atoms with van der Waals surface area (Å²) < 4.78 is 28.2. The molecule has 22 heavy (non-hydrogen) atoms. The summed E-state index contributed by atoms with van der Waals surface area (Å²) in [4.78, 5) is 11.7. The average molecular weight is 321 g/mol. The molecule has 8 nitrogen and oxygen atoms in total. The number of carbonyl (C=O) groups excluding carboxylic acids is 1. The SMILES string of the molecule is NC(=O)c1c2c(O)cc(OS(N)(=O)=O)cc2n2ccccc12. The number of primary amides is 1. The Labute approximate surface area is 124 Å². The van der Waals surface area contributed by atoms with Gasteiger partial charge >= 0.3 is 10.3 Å². The fourth-order valence-corrected chi connectivity index (χ4v) is 2.81. The lowest BCUT2D eigenvalue weighted by molar-refractivity contribution is 0.100. The van der Waals surface area contributed by atoms with Crippen molar-refractivity contribution < 1.29 is 22.5 Å². The molecule has 0 saturated heterocycles. The number of phenols is 1. The average Bonchev–Trinajstić information content (AvgIpc) is 2.72. The summed E-state index contributed by atoms with van der Waals surface area (Å²) in [6.45, 7) is 0. The molecule has 0 atom stereocenters. The smallest absolute Gasteiger partial charge is 0.380 e. The Kier molecular flexibility index (Phi) is 2.97. The van der Waals surface area contributed by atoms with Gasteiger partial charge in [-0.25, -0.2) is 0 Å². The summed E-state index contributed by atoms with van der Waals surface area (Å²) in [5, 5.41) is 15.2. The van der Waals surface area contributed by atoms with Crippen LogP contribution in [0.1, 0.15) is 10.4 Å². The van der Waals surface area contributed by atoms with Crippen LogP contribution in [-0.2, 0) is 10.3 Å². The molecule has 0 aliphatic heterocycles. The van der Waals surface area contributed by atoms with Gasteiger partial charge in [0.1, 0.15) is 11.5 Å². The lowest BCUT2D eigenvalue weighted by atomic mass is 10.1. The van der Waals surface area contributed by atoms with E-state index in [1.165, 1.54) is 6.07 Å². The van der Waals surface area contributed by atoms with Crippen molar-refractivity contribution in [2.24, 2.45) is 10.9 Å². The lowest BCUT2D eigenvalue weighted by Crippen LogP contribution is -2.18. The van der Waals surface area contributed by atoms with Crippen LogP contribution in [-0.4, -0.2) is 23.8 Å². The van der Waals surface area contributed by atoms with Crippen LogP contribution in [0.2, 0.25) is 0 Å². The molecule has 1 aromatic carbocycles. The fourth-order valence-electron chi connectivity index (χ4n) is 2.45. The molecule has 3 aromatic rings. The van der Waals surface area contributed by atoms with Gasteiger partial charge in [0.2, 0.25) is 0 Å². The van der Waals surface area contributed by atoms with Crippen LogP contribution >= 0.6 is 0 Å². The number of rotatable bonds is 3. The zero-order valence-corrected chi connectivity index (χ0v) is 11.9. The molecule has 2 heterocycles. The zero-order chi connectivity index (χ0) is 16.1. The van der Waals surface area contributed by atoms with E-state index in [1.54, 1.807) is 28.8 Å². The second-order valence-electron chi connectivity index (χ2n) is 4.61. The minimum atomic E-state index is -4.24. The van der Waals surface area contributed by atoms with Crippen molar-refractivity contribution in [2.45, 2.75) is 0 Å². The van der Waals surface area contributed by atoms with Gasteiger partial charge < -0.3 is 19.4 Å². The van der Waals surface area contributed by atoms with Crippen LogP contribution in [0.3, 0.4) is 0 Å². The van der Waals surface area contributed by atoms with Crippen molar-refractivity contribution >= 4 is 32.6 Å². The minimum Gasteiger partial charge on any atom is -0.507 e. The number of amides is 1. The number of nitrogens with two attached hydrogens (primary N) is 2. The number of hydrogen-bond acceptors (Lipinski definition) is 5. The van der Waals surface area contributed by atoms with E-state index in [2.05, 4.69) is 4.18 Å². The predicted octanol–water partition coefficient (Wildman–Crippen LogP) is 0.479. The summed E-state index contributed by atoms with van der Waals surface area (Å²) >= 11 is 0. The van der Waals surface area contributed by atoms with Crippen LogP contribution in [0, 0.1) is 0 Å². The first kappa shape index (κ1) is 14.2. The van der Waals surface area contributed by atoms with Gasteiger partial charge in [0.25, 0.3) is 5.91 Å². The van der Waals surface area contributed by atoms with E-state index in [1.807, 2.05) is 0 Å². The van der Waals surface area contributed by atoms with Crippen molar-refractivity contribution in [3.8, 4) is 11.5 Å². The highest BCUT2D eigenvalue weighted by molar-refractivity contribution is 7.84. The predicted molar refractivity (Wildman–Crippen MR) is 78.8 cm³/mol. The third kappa shape index (κ3) is 2.22. The third-order valence-corrected chi connectivity index (χ3v) is 3.58. The molecule has 114 valence electrons. The quantitative estimate of drug-likeness (QED) is 0.644. The fraction of sp³-hybridized carbons (Fsp3) is 0. The largest absolute Gasteiger partial charge is 0.507 e. The van der Waals surface area contributed by atoms with Crippen molar-refractivity contribution in [1.29, 1.82) is 0 Å². The number of phenolic OH excluding ortho intramolecular Hbond substituents is 1. The van der Waals surface area contributed by atoms with Gasteiger partial charge in [0, 0.05) is 18.3 Å². The van der Waals surface area contributed by atoms with Gasteiger partial charge in [-0.2, -0.15) is 13.6 Å². The molecule has 0 saturated carbocycles. The highest BCUT2D eigenvalue weighted by Gasteiger charge is 2.20. The van der Waals surface area contributed by atoms with E-state index in [9.17, 15) is 18.3 Å². The number of carbonyl (C=O) groups is 1. The van der Waals surface area contributed by atoms with Crippen molar-refractivity contribution in [1.82, 2.24) is 4.40 Å². The first-order valence-electron chi connectivity index (χ1n) is 6.06. The van der Waals surface area contributed by atoms with Gasteiger partial charge in [-0.1, -0.05) is 6.07 Å². The Morgan fingerprint density at radius 1 is 1.23 bits per heavy atom. The normalized spacial score (nSPS) is 11.9. The van der Waals surface area contributed by atoms with Crippen LogP contribution in [0.15, 0.2) is 36.5 Å². The second kappa shape index (κ2) is 4.61. The summed E-state index contributed by atoms with van der Waals surface area (Å²) in [7, 11) is -4.24. The Morgan fingerprint density at radius 3 is 2.59 bits per heavy atom. The zero-order valence-electron chi connectivity index (χ0n) is 11.1. The third-order valence-electron chi connectivity index (χ3n) is 3.15. The molecular formula is C13H11N3O5S. The Balaban J connectivity index is 2.44. The molecule has 2 aromatic heterocycles. The molecule has 0 radical (unpaired) electrons. The number of aromatic hydroxyl groups is 1. The number of hydrogen-bond donors (Lipinski definition) is 3. The molecule has 9 heteroatoms. The first-order valence-corrected chi connectivity index (χ1v) is 7.53. The van der Waals surface area contributed by atoms with Gasteiger partial charge in [0.15, 0.2) is 0 Å². The standard InChI is InChI=1S/C13H11N3O5S/c14-13(18)12-8-3-1-2-4-16(8)9-5-7(21-22(15,19)20)6-10(17)11(9)12/h1-6,17H,(H2,14,18)(H2,15,19,20). The minimum absolute atomic E-state index is 0.134. The van der Waals surface area contributed by atoms with E-state index in [0.717, 1.165) is 6.07 Å². The van der Waals surface area contributed by atoms with Crippen molar-refractivity contribution in [2.75, 3.05) is 0 Å². The number of nitrogens with zero attached hydrogens (tertiary/aromatic N) is 1. The van der Waals surface area contributed by atoms with E-state index < -0.39 is 16.2 Å². The number of fused-ring (bicyclic) bond motifs is 3. The summed E-state index contributed by atoms with van der Waals surface area (Å²) in [6, 6.07) is 7.47. The van der Waals surface area contributed by atoms with E-state index >= 15 is 0 Å². The Bertz CT molecular complexity index is 1020. The van der Waals surface area contributed by atoms with Gasteiger partial charge in [-0.05, 0) is 12.1 Å². The topological polar surface area (TPSA) is 137 Å². The van der Waals surface area contributed by atoms with Gasteiger partial charge in [-0.3, -0.25) is 4.79 Å². The van der Waals surface area contributed by atoms with Crippen LogP contribution in [0.4, 0.5) is 0 Å². The maximum Gasteiger partial charge on any atom is 0.380 e. The molecule has 0 unspecified atom stereocenters. The van der Waals surface area contributed by atoms with Gasteiger partial charge in [0.05, 0.1) is 22.0 Å². The van der Waals surface area contributed by atoms with E-state index in [4.69, 9.17) is 10.9 Å². The second-order valence-corrected chi connectivity index (χ2v) is 5.76.